The number of hydrogen-bond acceptors (Lipinski definition) is 7. The Bertz CT molecular complexity index is 2370. The van der Waals surface area contributed by atoms with Gasteiger partial charge >= 0.3 is 59.1 Å². The molecule has 9 nitrogen and oxygen atoms in total. The number of benzene rings is 5. The van der Waals surface area contributed by atoms with Crippen molar-refractivity contribution >= 4 is 44.1 Å². The molecule has 5 aromatic carbocycles. The van der Waals surface area contributed by atoms with Gasteiger partial charge in [-0.2, -0.15) is 0 Å². The molecule has 10 heteroatoms. The molecule has 0 saturated carbocycles. The molecule has 231 valence electrons. The molecule has 0 saturated heterocycles. The molecule has 2 aliphatic rings. The van der Waals surface area contributed by atoms with Crippen LogP contribution in [0.5, 0.6) is 5.75 Å². The molecule has 48 heavy (non-hydrogen) atoms. The number of para-hydroxylation sites is 1. The molecule has 0 spiro atoms. The van der Waals surface area contributed by atoms with E-state index in [1.54, 1.807) is 0 Å². The molecule has 0 fully saturated rings. The Morgan fingerprint density at radius 3 is 0.938 bits per heavy atom. The van der Waals surface area contributed by atoms with Crippen molar-refractivity contribution in [2.75, 3.05) is 0 Å². The molecule has 0 atom stereocenters. The van der Waals surface area contributed by atoms with E-state index in [4.69, 9.17) is 33.4 Å². The Kier molecular flexibility index (Phi) is 6.82. The van der Waals surface area contributed by atoms with Gasteiger partial charge in [-0.15, -0.1) is 0 Å². The average Bonchev–Trinajstić information content (AvgIpc) is 3.88. The minimum Gasteiger partial charge on any atom is -0.324 e. The second-order valence-electron chi connectivity index (χ2n) is 11.2. The molecular weight excluding hydrogens is 691 g/mol. The van der Waals surface area contributed by atoms with Crippen molar-refractivity contribution in [3.05, 3.63) is 127 Å². The molecule has 3 aromatic heterocycles. The van der Waals surface area contributed by atoms with E-state index in [-0.39, 0.29) is 0 Å². The largest absolute Gasteiger partial charge is 0.324 e. The molecule has 10 rings (SSSR count). The Morgan fingerprint density at radius 2 is 0.646 bits per heavy atom. The van der Waals surface area contributed by atoms with Crippen molar-refractivity contribution in [3.8, 4) is 51.3 Å². The molecule has 5 heterocycles. The summed E-state index contributed by atoms with van der Waals surface area (Å²) in [6.45, 7) is 0. The standard InChI is InChI=1S/C32H18N8.C6H6O.Pd/c1-2-10-18-17(9-1)25-33-26(18)38-28-21-13-5-6-14-22(21)30(35-28)40-32-24-16-8-7-15-23(24)31(36-32)39-29-20-12-4-3-11-19(20)27(34-29)37-25;7-6-4-2-1-3-5-6;/h1-16H,(H2,33,34,35,36,37,38,39,40);1-5,7H;/q;;+1/p-1. The topological polar surface area (TPSA) is 118 Å². The summed E-state index contributed by atoms with van der Waals surface area (Å²) in [5.41, 5.74) is 6.45. The summed E-state index contributed by atoms with van der Waals surface area (Å²) in [6, 6.07) is 41.8. The molecule has 0 aliphatic carbocycles. The van der Waals surface area contributed by atoms with Crippen LogP contribution in [0.15, 0.2) is 127 Å². The van der Waals surface area contributed by atoms with Gasteiger partial charge in [-0.3, -0.25) is 0 Å². The Balaban J connectivity index is 0.000000347. The normalized spacial score (nSPS) is 11.5. The second kappa shape index (κ2) is 11.6. The summed E-state index contributed by atoms with van der Waals surface area (Å²) in [7, 11) is 0. The third-order valence-corrected chi connectivity index (χ3v) is 8.64. The average molecular weight is 714 g/mol. The first-order chi connectivity index (χ1) is 23.7. The number of nitrogens with one attached hydrogen (secondary N) is 2. The van der Waals surface area contributed by atoms with Crippen LogP contribution < -0.4 is 3.46 Å². The van der Waals surface area contributed by atoms with Crippen LogP contribution in [0.3, 0.4) is 0 Å². The molecule has 2 aliphatic heterocycles. The maximum Gasteiger partial charge on any atom is 0.164 e. The first kappa shape index (κ1) is 28.2. The van der Waals surface area contributed by atoms with Gasteiger partial charge in [-0.05, 0) is 0 Å². The number of H-pyrrole nitrogens is 2. The fourth-order valence-electron chi connectivity index (χ4n) is 6.05. The molecule has 0 unspecified atom stereocenters. The number of rotatable bonds is 1. The van der Waals surface area contributed by atoms with E-state index in [1.807, 2.05) is 127 Å². The quantitative estimate of drug-likeness (QED) is 0.164. The van der Waals surface area contributed by atoms with Crippen LogP contribution in [0.4, 0.5) is 0 Å². The summed E-state index contributed by atoms with van der Waals surface area (Å²) in [5, 5.41) is 3.82. The Morgan fingerprint density at radius 1 is 0.354 bits per heavy atom. The van der Waals surface area contributed by atoms with Crippen molar-refractivity contribution in [2.45, 2.75) is 0 Å². The monoisotopic (exact) mass is 713 g/mol. The van der Waals surface area contributed by atoms with Gasteiger partial charge in [0.05, 0.1) is 0 Å². The van der Waals surface area contributed by atoms with Crippen LogP contribution in [0.2, 0.25) is 0 Å². The number of fused-ring (bicyclic) bond motifs is 20. The third kappa shape index (κ3) is 4.83. The van der Waals surface area contributed by atoms with E-state index in [0.29, 0.717) is 45.9 Å². The van der Waals surface area contributed by atoms with Gasteiger partial charge in [0.1, 0.15) is 22.6 Å². The van der Waals surface area contributed by atoms with Gasteiger partial charge in [-0.25, -0.2) is 29.9 Å². The zero-order valence-corrected chi connectivity index (χ0v) is 26.6. The van der Waals surface area contributed by atoms with Crippen molar-refractivity contribution in [3.63, 3.8) is 0 Å². The summed E-state index contributed by atoms with van der Waals surface area (Å²) in [5.74, 6) is 3.23. The summed E-state index contributed by atoms with van der Waals surface area (Å²) >= 11 is 2.62. The van der Waals surface area contributed by atoms with Crippen molar-refractivity contribution in [1.82, 2.24) is 39.9 Å². The first-order valence-electron chi connectivity index (χ1n) is 15.2. The first-order valence-corrected chi connectivity index (χ1v) is 15.9. The number of aromatic amines is 2. The fourth-order valence-corrected chi connectivity index (χ4v) is 6.27. The number of nitrogens with zero attached hydrogens (tertiary/aromatic N) is 6. The SMILES string of the molecule is [Pd][O]c1ccccc1.c1ccc2c(c1)-c1nc-2nc2[nH]c(nc3nc(nc4[nH]c(n1)c1ccccc41)-c1ccccc1-3)c1ccccc21. The van der Waals surface area contributed by atoms with Crippen molar-refractivity contribution in [1.29, 1.82) is 0 Å². The van der Waals surface area contributed by atoms with E-state index >= 15 is 0 Å². The second-order valence-corrected chi connectivity index (χ2v) is 11.5. The van der Waals surface area contributed by atoms with Gasteiger partial charge in [0.25, 0.3) is 0 Å². The van der Waals surface area contributed by atoms with Crippen LogP contribution in [0, 0.1) is 0 Å². The summed E-state index contributed by atoms with van der Waals surface area (Å²) < 4.78 is 4.76. The van der Waals surface area contributed by atoms with Gasteiger partial charge < -0.3 is 9.97 Å². The van der Waals surface area contributed by atoms with Crippen LogP contribution >= 0.6 is 0 Å². The maximum atomic E-state index is 5.02. The molecular formula is C38H23N8OPd. The van der Waals surface area contributed by atoms with Crippen molar-refractivity contribution in [2.24, 2.45) is 0 Å². The molecule has 8 bridgehead atoms. The van der Waals surface area contributed by atoms with E-state index in [9.17, 15) is 0 Å². The van der Waals surface area contributed by atoms with Gasteiger partial charge in [0.2, 0.25) is 0 Å². The van der Waals surface area contributed by atoms with Crippen LogP contribution in [0.1, 0.15) is 0 Å². The minimum absolute atomic E-state index is 0.597. The van der Waals surface area contributed by atoms with Gasteiger partial charge in [0, 0.05) is 43.8 Å². The van der Waals surface area contributed by atoms with Gasteiger partial charge in [0.15, 0.2) is 23.3 Å². The Labute approximate surface area is 284 Å². The number of aromatic nitrogens is 8. The van der Waals surface area contributed by atoms with Crippen LogP contribution in [-0.2, 0) is 19.6 Å². The molecule has 0 radical (unpaired) electrons. The number of hydrogen-bond donors (Lipinski definition) is 2. The minimum atomic E-state index is 0.597. The zero-order valence-electron chi connectivity index (χ0n) is 25.0. The molecule has 0 amide bonds. The van der Waals surface area contributed by atoms with Crippen LogP contribution in [-0.4, -0.2) is 39.9 Å². The molecule has 8 aromatic rings. The van der Waals surface area contributed by atoms with E-state index in [2.05, 4.69) is 29.5 Å². The van der Waals surface area contributed by atoms with E-state index < -0.39 is 0 Å². The van der Waals surface area contributed by atoms with Crippen molar-refractivity contribution < 1.29 is 23.0 Å². The predicted octanol–water partition coefficient (Wildman–Crippen LogP) is 8.40. The smallest absolute Gasteiger partial charge is 0.164 e. The van der Waals surface area contributed by atoms with Gasteiger partial charge in [-0.1, -0.05) is 97.1 Å². The van der Waals surface area contributed by atoms with E-state index in [0.717, 1.165) is 49.5 Å². The van der Waals surface area contributed by atoms with Crippen LogP contribution in [0.25, 0.3) is 89.7 Å². The fraction of sp³-hybridized carbons (Fsp3) is 0. The third-order valence-electron chi connectivity index (χ3n) is 8.28. The summed E-state index contributed by atoms with van der Waals surface area (Å²) in [4.78, 5) is 36.8. The zero-order chi connectivity index (χ0) is 32.0. The molecule has 2 N–H and O–H groups in total. The summed E-state index contributed by atoms with van der Waals surface area (Å²) in [6.07, 6.45) is 0. The Hall–Kier alpha value is -6.08. The van der Waals surface area contributed by atoms with E-state index in [1.165, 1.54) is 0 Å². The maximum absolute atomic E-state index is 5.02. The predicted molar refractivity (Wildman–Crippen MR) is 183 cm³/mol.